The van der Waals surface area contributed by atoms with E-state index in [0.29, 0.717) is 30.0 Å². The van der Waals surface area contributed by atoms with Gasteiger partial charge in [-0.3, -0.25) is 14.6 Å². The number of H-pyrrole nitrogens is 1. The minimum atomic E-state index is -0.936. The van der Waals surface area contributed by atoms with Gasteiger partial charge in [0.15, 0.2) is 5.96 Å². The first kappa shape index (κ1) is 16.3. The lowest BCUT2D eigenvalue weighted by molar-refractivity contribution is -0.136. The Kier molecular flexibility index (Phi) is 5.19. The highest BCUT2D eigenvalue weighted by Crippen LogP contribution is 2.19. The van der Waals surface area contributed by atoms with E-state index in [9.17, 15) is 9.59 Å². The molecule has 0 saturated carbocycles. The van der Waals surface area contributed by atoms with Crippen molar-refractivity contribution in [2.45, 2.75) is 12.8 Å². The summed E-state index contributed by atoms with van der Waals surface area (Å²) in [7, 11) is 0. The number of hydrogen-bond acceptors (Lipinski definition) is 4. The monoisotopic (exact) mass is 318 g/mol. The highest BCUT2D eigenvalue weighted by atomic mass is 16.5. The minimum absolute atomic E-state index is 0.00494. The van der Waals surface area contributed by atoms with Crippen molar-refractivity contribution in [2.24, 2.45) is 16.5 Å². The van der Waals surface area contributed by atoms with E-state index in [1.807, 2.05) is 0 Å². The molecule has 0 spiro atoms. The summed E-state index contributed by atoms with van der Waals surface area (Å²) in [6.07, 6.45) is 0.109. The van der Waals surface area contributed by atoms with Gasteiger partial charge in [0.1, 0.15) is 12.4 Å². The summed E-state index contributed by atoms with van der Waals surface area (Å²) in [6.45, 7) is 0.648. The summed E-state index contributed by atoms with van der Waals surface area (Å²) >= 11 is 0. The number of fused-ring (bicyclic) bond motifs is 1. The fraction of sp³-hybridized carbons (Fsp3) is 0.267. The van der Waals surface area contributed by atoms with Gasteiger partial charge in [0.2, 0.25) is 0 Å². The minimum Gasteiger partial charge on any atom is -0.492 e. The number of ether oxygens (including phenoxy) is 1. The number of pyridine rings is 1. The molecule has 1 aromatic heterocycles. The summed E-state index contributed by atoms with van der Waals surface area (Å²) in [5.74, 6) is -0.350. The van der Waals surface area contributed by atoms with Gasteiger partial charge in [-0.05, 0) is 30.0 Å². The fourth-order valence-electron chi connectivity index (χ4n) is 2.08. The summed E-state index contributed by atoms with van der Waals surface area (Å²) in [6, 6.07) is 6.95. The molecule has 1 heterocycles. The zero-order chi connectivity index (χ0) is 16.8. The average molecular weight is 318 g/mol. The van der Waals surface area contributed by atoms with E-state index in [0.717, 1.165) is 5.39 Å². The van der Waals surface area contributed by atoms with Crippen molar-refractivity contribution < 1.29 is 14.6 Å². The number of hydrogen-bond donors (Lipinski definition) is 4. The van der Waals surface area contributed by atoms with Crippen LogP contribution in [-0.2, 0) is 11.2 Å². The molecule has 23 heavy (non-hydrogen) atoms. The number of nitrogens with two attached hydrogens (primary N) is 2. The summed E-state index contributed by atoms with van der Waals surface area (Å²) < 4.78 is 5.50. The van der Waals surface area contributed by atoms with Crippen LogP contribution in [0.4, 0.5) is 0 Å². The number of benzene rings is 1. The summed E-state index contributed by atoms with van der Waals surface area (Å²) in [5, 5.41) is 9.51. The molecule has 0 radical (unpaired) electrons. The van der Waals surface area contributed by atoms with E-state index in [2.05, 4.69) is 9.98 Å². The van der Waals surface area contributed by atoms with Crippen LogP contribution in [0.1, 0.15) is 12.0 Å². The molecular formula is C15H18N4O4. The third-order valence-electron chi connectivity index (χ3n) is 3.16. The van der Waals surface area contributed by atoms with Crippen LogP contribution in [0.5, 0.6) is 5.75 Å². The Morgan fingerprint density at radius 2 is 2.09 bits per heavy atom. The third kappa shape index (κ3) is 4.73. The molecule has 6 N–H and O–H groups in total. The van der Waals surface area contributed by atoms with Crippen molar-refractivity contribution in [2.75, 3.05) is 13.2 Å². The number of nitrogens with zero attached hydrogens (tertiary/aromatic N) is 1. The van der Waals surface area contributed by atoms with Gasteiger partial charge in [0, 0.05) is 18.1 Å². The molecular weight excluding hydrogens is 300 g/mol. The largest absolute Gasteiger partial charge is 0.492 e. The average Bonchev–Trinajstić information content (AvgIpc) is 2.49. The number of carboxylic acids is 1. The zero-order valence-corrected chi connectivity index (χ0v) is 12.4. The third-order valence-corrected chi connectivity index (χ3v) is 3.16. The first-order valence-electron chi connectivity index (χ1n) is 7.01. The number of guanidine groups is 1. The van der Waals surface area contributed by atoms with Crippen molar-refractivity contribution in [1.82, 2.24) is 4.98 Å². The van der Waals surface area contributed by atoms with E-state index in [1.165, 1.54) is 0 Å². The maximum Gasteiger partial charge on any atom is 0.303 e. The van der Waals surface area contributed by atoms with Gasteiger partial charge in [-0.2, -0.15) is 0 Å². The van der Waals surface area contributed by atoms with Gasteiger partial charge in [0.25, 0.3) is 5.56 Å². The molecule has 0 unspecified atom stereocenters. The van der Waals surface area contributed by atoms with E-state index < -0.39 is 5.97 Å². The second-order valence-electron chi connectivity index (χ2n) is 4.92. The van der Waals surface area contributed by atoms with Crippen LogP contribution in [-0.4, -0.2) is 35.2 Å². The first-order chi connectivity index (χ1) is 11.0. The normalized spacial score (nSPS) is 10.4. The van der Waals surface area contributed by atoms with Crippen LogP contribution in [0.3, 0.4) is 0 Å². The Balaban J connectivity index is 2.14. The molecule has 122 valence electrons. The summed E-state index contributed by atoms with van der Waals surface area (Å²) in [5.41, 5.74) is 11.2. The molecule has 0 aliphatic carbocycles. The predicted octanol–water partition coefficient (Wildman–Crippen LogP) is 0.197. The number of carbonyl (C=O) groups is 1. The molecule has 0 aliphatic rings. The number of nitrogens with one attached hydrogen (secondary N) is 1. The van der Waals surface area contributed by atoms with Crippen molar-refractivity contribution in [3.8, 4) is 5.75 Å². The van der Waals surface area contributed by atoms with Gasteiger partial charge in [-0.15, -0.1) is 0 Å². The molecule has 0 aliphatic heterocycles. The van der Waals surface area contributed by atoms with Gasteiger partial charge in [0.05, 0.1) is 12.1 Å². The fourth-order valence-corrected chi connectivity index (χ4v) is 2.08. The van der Waals surface area contributed by atoms with E-state index >= 15 is 0 Å². The Hall–Kier alpha value is -3.03. The van der Waals surface area contributed by atoms with Crippen molar-refractivity contribution in [3.63, 3.8) is 0 Å². The summed E-state index contributed by atoms with van der Waals surface area (Å²) in [4.78, 5) is 29.1. The van der Waals surface area contributed by atoms with Gasteiger partial charge in [-0.25, -0.2) is 0 Å². The van der Waals surface area contributed by atoms with Crippen LogP contribution in [0.15, 0.2) is 34.1 Å². The van der Waals surface area contributed by atoms with Crippen LogP contribution in [0, 0.1) is 0 Å². The van der Waals surface area contributed by atoms with Gasteiger partial charge in [-0.1, -0.05) is 0 Å². The van der Waals surface area contributed by atoms with Crippen molar-refractivity contribution in [3.05, 3.63) is 40.2 Å². The van der Waals surface area contributed by atoms with E-state index in [4.69, 9.17) is 21.3 Å². The van der Waals surface area contributed by atoms with Crippen molar-refractivity contribution in [1.29, 1.82) is 0 Å². The predicted molar refractivity (Wildman–Crippen MR) is 86.7 cm³/mol. The number of aromatic amines is 1. The van der Waals surface area contributed by atoms with Gasteiger partial charge < -0.3 is 26.3 Å². The van der Waals surface area contributed by atoms with Crippen LogP contribution < -0.4 is 21.8 Å². The number of aliphatic carboxylic acids is 1. The lowest BCUT2D eigenvalue weighted by Gasteiger charge is -2.07. The Labute approximate surface area is 131 Å². The number of rotatable bonds is 7. The maximum atomic E-state index is 12.0. The topological polar surface area (TPSA) is 144 Å². The quantitative estimate of drug-likeness (QED) is 0.326. The number of aryl methyl sites for hydroxylation is 1. The Morgan fingerprint density at radius 1 is 1.30 bits per heavy atom. The lowest BCUT2D eigenvalue weighted by atomic mass is 10.1. The standard InChI is InChI=1S/C15H18N4O4/c16-15(17)18-5-6-23-11-3-1-9-7-10(2-4-13(20)21)14(22)19-12(9)8-11/h1,3,7-8H,2,4-6H2,(H,19,22)(H,20,21)(H4,16,17,18). The molecule has 0 saturated heterocycles. The maximum absolute atomic E-state index is 12.0. The Bertz CT molecular complexity index is 794. The molecule has 1 aromatic carbocycles. The van der Waals surface area contributed by atoms with E-state index in [-0.39, 0.29) is 24.4 Å². The molecule has 0 amide bonds. The Morgan fingerprint density at radius 3 is 2.78 bits per heavy atom. The zero-order valence-electron chi connectivity index (χ0n) is 12.4. The van der Waals surface area contributed by atoms with Gasteiger partial charge >= 0.3 is 5.97 Å². The van der Waals surface area contributed by atoms with Crippen molar-refractivity contribution >= 4 is 22.8 Å². The highest BCUT2D eigenvalue weighted by Gasteiger charge is 2.06. The molecule has 2 rings (SSSR count). The first-order valence-corrected chi connectivity index (χ1v) is 7.01. The molecule has 0 fully saturated rings. The molecule has 8 nitrogen and oxygen atoms in total. The highest BCUT2D eigenvalue weighted by molar-refractivity contribution is 5.80. The van der Waals surface area contributed by atoms with Crippen LogP contribution >= 0.6 is 0 Å². The SMILES string of the molecule is NC(N)=NCCOc1ccc2cc(CCC(=O)O)c(=O)[nH]c2c1. The second-order valence-corrected chi connectivity index (χ2v) is 4.92. The number of aliphatic imine (C=N–C) groups is 1. The smallest absolute Gasteiger partial charge is 0.303 e. The molecule has 2 aromatic rings. The van der Waals surface area contributed by atoms with E-state index in [1.54, 1.807) is 24.3 Å². The molecule has 0 atom stereocenters. The lowest BCUT2D eigenvalue weighted by Crippen LogP contribution is -2.23. The van der Waals surface area contributed by atoms with Crippen LogP contribution in [0.2, 0.25) is 0 Å². The number of aromatic nitrogens is 1. The number of carboxylic acid groups (broad SMARTS) is 1. The molecule has 8 heteroatoms. The van der Waals surface area contributed by atoms with Crippen LogP contribution in [0.25, 0.3) is 10.9 Å². The molecule has 0 bridgehead atoms. The second kappa shape index (κ2) is 7.30.